The minimum atomic E-state index is -1.03. The van der Waals surface area contributed by atoms with Crippen LogP contribution in [0.4, 0.5) is 0 Å². The molecule has 9 nitrogen and oxygen atoms in total. The summed E-state index contributed by atoms with van der Waals surface area (Å²) in [5, 5.41) is 9.24. The van der Waals surface area contributed by atoms with Crippen molar-refractivity contribution in [1.29, 1.82) is 0 Å². The zero-order valence-corrected chi connectivity index (χ0v) is 27.6. The first-order valence-electron chi connectivity index (χ1n) is 14.9. The molecule has 1 aromatic rings. The molecule has 0 fully saturated rings. The number of nitrogens with zero attached hydrogens (tertiary/aromatic N) is 2. The van der Waals surface area contributed by atoms with E-state index in [1.807, 2.05) is 25.3 Å². The van der Waals surface area contributed by atoms with Crippen LogP contribution in [0.15, 0.2) is 22.5 Å². The number of fused-ring (bicyclic) bond motifs is 4. The highest BCUT2D eigenvalue weighted by molar-refractivity contribution is 8.14. The number of hydrogen-bond acceptors (Lipinski definition) is 10. The van der Waals surface area contributed by atoms with E-state index in [-0.39, 0.29) is 35.8 Å². The molecular weight excluding hydrogens is 593 g/mol. The fourth-order valence-corrected chi connectivity index (χ4v) is 7.16. The molecule has 3 rings (SSSR count). The number of esters is 1. The number of aliphatic imine (C=N–C) groups is 1. The Kier molecular flexibility index (Phi) is 14.1. The zero-order chi connectivity index (χ0) is 30.5. The largest absolute Gasteiger partial charge is 0.456 e. The number of rotatable bonds is 12. The van der Waals surface area contributed by atoms with Gasteiger partial charge in [-0.25, -0.2) is 9.78 Å². The monoisotopic (exact) mass is 636 g/mol. The van der Waals surface area contributed by atoms with Crippen LogP contribution in [0.2, 0.25) is 0 Å². The second kappa shape index (κ2) is 17.2. The average molecular weight is 637 g/mol. The highest BCUT2D eigenvalue weighted by Crippen LogP contribution is 2.32. The lowest BCUT2D eigenvalue weighted by molar-refractivity contribution is -0.153. The maximum Gasteiger partial charge on any atom is 0.329 e. The number of thioether (sulfide) groups is 2. The number of cyclic esters (lactones) is 1. The molecule has 0 saturated carbocycles. The molecule has 2 amide bonds. The highest BCUT2D eigenvalue weighted by atomic mass is 32.2. The third-order valence-electron chi connectivity index (χ3n) is 7.01. The van der Waals surface area contributed by atoms with Crippen molar-refractivity contribution in [2.75, 3.05) is 11.5 Å². The Labute approximate surface area is 261 Å². The molecule has 3 heterocycles. The Morgan fingerprint density at radius 2 is 2.00 bits per heavy atom. The van der Waals surface area contributed by atoms with Crippen molar-refractivity contribution in [3.8, 4) is 0 Å². The molecular formula is C30H44N4O5S3. The van der Waals surface area contributed by atoms with Crippen LogP contribution < -0.4 is 10.6 Å². The second-order valence-corrected chi connectivity index (χ2v) is 14.3. The number of carbonyl (C=O) groups is 4. The van der Waals surface area contributed by atoms with Crippen LogP contribution in [0.25, 0.3) is 0 Å². The predicted molar refractivity (Wildman–Crippen MR) is 172 cm³/mol. The third-order valence-corrected chi connectivity index (χ3v) is 10.2. The molecule has 42 heavy (non-hydrogen) atoms. The topological polar surface area (TPSA) is 127 Å². The molecule has 2 N–H and O–H groups in total. The van der Waals surface area contributed by atoms with Crippen LogP contribution in [0.5, 0.6) is 0 Å². The number of nitrogens with one attached hydrogen (secondary N) is 2. The van der Waals surface area contributed by atoms with Crippen LogP contribution >= 0.6 is 34.9 Å². The fourth-order valence-electron chi connectivity index (χ4n) is 4.41. The minimum absolute atomic E-state index is 0.0508. The molecule has 0 aromatic carbocycles. The molecule has 3 atom stereocenters. The van der Waals surface area contributed by atoms with Crippen LogP contribution in [0.1, 0.15) is 96.2 Å². The Morgan fingerprint density at radius 1 is 1.21 bits per heavy atom. The van der Waals surface area contributed by atoms with Gasteiger partial charge in [-0.1, -0.05) is 64.3 Å². The lowest BCUT2D eigenvalue weighted by Gasteiger charge is -2.27. The van der Waals surface area contributed by atoms with Gasteiger partial charge >= 0.3 is 5.97 Å². The van der Waals surface area contributed by atoms with Crippen LogP contribution in [0, 0.1) is 5.92 Å². The Bertz CT molecular complexity index is 1150. The summed E-state index contributed by atoms with van der Waals surface area (Å²) in [4.78, 5) is 60.7. The van der Waals surface area contributed by atoms with Gasteiger partial charge in [0.25, 0.3) is 0 Å². The minimum Gasteiger partial charge on any atom is -0.456 e. The van der Waals surface area contributed by atoms with E-state index >= 15 is 0 Å². The van der Waals surface area contributed by atoms with Gasteiger partial charge in [-0.3, -0.25) is 19.4 Å². The Morgan fingerprint density at radius 3 is 2.76 bits per heavy atom. The van der Waals surface area contributed by atoms with Crippen molar-refractivity contribution in [3.63, 3.8) is 0 Å². The number of carbonyl (C=O) groups excluding carboxylic acids is 4. The van der Waals surface area contributed by atoms with Crippen molar-refractivity contribution >= 4 is 62.8 Å². The molecule has 0 aliphatic carbocycles. The van der Waals surface area contributed by atoms with Crippen LogP contribution in [-0.2, 0) is 30.5 Å². The maximum absolute atomic E-state index is 13.3. The van der Waals surface area contributed by atoms with E-state index in [9.17, 15) is 19.2 Å². The Hall–Kier alpha value is -2.18. The van der Waals surface area contributed by atoms with Gasteiger partial charge < -0.3 is 15.4 Å². The highest BCUT2D eigenvalue weighted by Gasteiger charge is 2.41. The van der Waals surface area contributed by atoms with Gasteiger partial charge in [0.15, 0.2) is 5.12 Å². The first-order chi connectivity index (χ1) is 20.1. The number of hydrogen-bond donors (Lipinski definition) is 2. The molecule has 0 saturated heterocycles. The summed E-state index contributed by atoms with van der Waals surface area (Å²) in [7, 11) is 0. The smallest absolute Gasteiger partial charge is 0.329 e. The SMILES string of the molecule is CCCCCCCC(=O)SCCC/C=C/C1CC(=O)NCc2nc(cs2)C2=N[C@@](C)(CS2)C(=O)NC(C(C)C)C(=O)O1. The normalized spacial score (nSPS) is 23.5. The summed E-state index contributed by atoms with van der Waals surface area (Å²) in [5.74, 6) is -0.281. The fraction of sp³-hybridized carbons (Fsp3) is 0.667. The lowest BCUT2D eigenvalue weighted by atomic mass is 10.0. The van der Waals surface area contributed by atoms with Gasteiger partial charge in [-0.05, 0) is 38.2 Å². The summed E-state index contributed by atoms with van der Waals surface area (Å²) in [6, 6.07) is -0.888. The van der Waals surface area contributed by atoms with Crippen molar-refractivity contribution in [2.24, 2.45) is 10.9 Å². The number of allylic oxidation sites excluding steroid dienone is 1. The molecule has 2 unspecified atom stereocenters. The molecule has 1 aromatic heterocycles. The standard InChI is InChI=1S/C30H44N4O5S3/c1-5-6-7-8-11-14-25(36)40-15-12-9-10-13-21-16-23(35)31-17-24-32-22(18-41-24)27-34-30(4,19-42-27)29(38)33-26(20(2)3)28(37)39-21/h10,13,18,20-21,26H,5-9,11-12,14-17,19H2,1-4H3,(H,31,35)(H,33,38)/b13-10+/t21?,26?,30-/m0/s1. The first kappa shape index (κ1) is 34.3. The maximum atomic E-state index is 13.3. The van der Waals surface area contributed by atoms with Crippen molar-refractivity contribution in [3.05, 3.63) is 28.2 Å². The van der Waals surface area contributed by atoms with Crippen LogP contribution in [0.3, 0.4) is 0 Å². The summed E-state index contributed by atoms with van der Waals surface area (Å²) in [6.45, 7) is 7.86. The summed E-state index contributed by atoms with van der Waals surface area (Å²) >= 11 is 4.24. The van der Waals surface area contributed by atoms with E-state index < -0.39 is 23.7 Å². The number of amides is 2. The molecule has 0 radical (unpaired) electrons. The third kappa shape index (κ3) is 10.8. The zero-order valence-electron chi connectivity index (χ0n) is 25.1. The molecule has 4 bridgehead atoms. The molecule has 0 spiro atoms. The van der Waals surface area contributed by atoms with E-state index in [1.54, 1.807) is 13.0 Å². The second-order valence-electron chi connectivity index (χ2n) is 11.2. The van der Waals surface area contributed by atoms with Gasteiger partial charge in [0.05, 0.1) is 13.0 Å². The van der Waals surface area contributed by atoms with E-state index in [0.29, 0.717) is 29.3 Å². The van der Waals surface area contributed by atoms with Crippen molar-refractivity contribution < 1.29 is 23.9 Å². The van der Waals surface area contributed by atoms with Crippen LogP contribution in [-0.4, -0.2) is 62.1 Å². The number of ether oxygens (including phenoxy) is 1. The lowest BCUT2D eigenvalue weighted by Crippen LogP contribution is -2.53. The quantitative estimate of drug-likeness (QED) is 0.177. The Balaban J connectivity index is 1.62. The van der Waals surface area contributed by atoms with Gasteiger partial charge in [-0.2, -0.15) is 0 Å². The van der Waals surface area contributed by atoms with E-state index in [4.69, 9.17) is 4.74 Å². The van der Waals surface area contributed by atoms with Gasteiger partial charge in [0, 0.05) is 23.3 Å². The molecule has 2 aliphatic heterocycles. The number of thiazole rings is 1. The molecule has 12 heteroatoms. The summed E-state index contributed by atoms with van der Waals surface area (Å²) in [5.41, 5.74) is -0.346. The van der Waals surface area contributed by atoms with Gasteiger partial charge in [-0.15, -0.1) is 23.1 Å². The average Bonchev–Trinajstić information content (AvgIpc) is 3.59. The predicted octanol–water partition coefficient (Wildman–Crippen LogP) is 5.42. The first-order valence-corrected chi connectivity index (χ1v) is 17.7. The molecule has 2 aliphatic rings. The molecule has 232 valence electrons. The summed E-state index contributed by atoms with van der Waals surface area (Å²) < 4.78 is 5.79. The van der Waals surface area contributed by atoms with Crippen molar-refractivity contribution in [1.82, 2.24) is 15.6 Å². The number of aromatic nitrogens is 1. The van der Waals surface area contributed by atoms with Gasteiger partial charge in [0.1, 0.15) is 33.4 Å². The summed E-state index contributed by atoms with van der Waals surface area (Å²) in [6.07, 6.45) is 10.5. The van der Waals surface area contributed by atoms with Crippen molar-refractivity contribution in [2.45, 2.75) is 110 Å². The number of unbranched alkanes of at least 4 members (excludes halogenated alkanes) is 5. The van der Waals surface area contributed by atoms with Gasteiger partial charge in [0.2, 0.25) is 11.8 Å². The van der Waals surface area contributed by atoms with E-state index in [1.165, 1.54) is 54.1 Å². The van der Waals surface area contributed by atoms with E-state index in [0.717, 1.165) is 30.0 Å². The van der Waals surface area contributed by atoms with E-state index in [2.05, 4.69) is 27.5 Å².